The van der Waals surface area contributed by atoms with Crippen LogP contribution in [0.1, 0.15) is 30.9 Å². The molecule has 4 rings (SSSR count). The van der Waals surface area contributed by atoms with Crippen LogP contribution in [0.25, 0.3) is 0 Å². The molecule has 0 aromatic heterocycles. The number of nitrogens with one attached hydrogen (secondary N) is 2. The molecular formula is C24H32N4O. The monoisotopic (exact) mass is 392 g/mol. The van der Waals surface area contributed by atoms with Crippen LogP contribution in [0.15, 0.2) is 54.6 Å². The fourth-order valence-electron chi connectivity index (χ4n) is 4.49. The van der Waals surface area contributed by atoms with Gasteiger partial charge in [0.2, 0.25) is 0 Å². The van der Waals surface area contributed by atoms with Crippen molar-refractivity contribution < 1.29 is 4.79 Å². The van der Waals surface area contributed by atoms with E-state index >= 15 is 0 Å². The Labute approximate surface area is 174 Å². The molecule has 2 aliphatic heterocycles. The summed E-state index contributed by atoms with van der Waals surface area (Å²) < 4.78 is 0. The van der Waals surface area contributed by atoms with Crippen LogP contribution in [0.4, 0.5) is 10.5 Å². The van der Waals surface area contributed by atoms with Crippen LogP contribution in [0.5, 0.6) is 0 Å². The molecule has 1 fully saturated rings. The summed E-state index contributed by atoms with van der Waals surface area (Å²) in [4.78, 5) is 17.3. The predicted octanol–water partition coefficient (Wildman–Crippen LogP) is 3.40. The maximum atomic E-state index is 12.4. The molecule has 2 heterocycles. The number of anilines is 1. The van der Waals surface area contributed by atoms with Gasteiger partial charge in [0.1, 0.15) is 0 Å². The highest BCUT2D eigenvalue weighted by Crippen LogP contribution is 2.28. The zero-order chi connectivity index (χ0) is 20.1. The molecule has 5 heteroatoms. The Kier molecular flexibility index (Phi) is 6.35. The number of piperidine rings is 1. The average molecular weight is 393 g/mol. The van der Waals surface area contributed by atoms with Crippen LogP contribution in [0, 0.1) is 0 Å². The number of carbonyl (C=O) groups is 1. The van der Waals surface area contributed by atoms with Gasteiger partial charge in [-0.15, -0.1) is 0 Å². The maximum Gasteiger partial charge on any atom is 0.315 e. The smallest absolute Gasteiger partial charge is 0.315 e. The number of urea groups is 1. The Balaban J connectivity index is 1.17. The van der Waals surface area contributed by atoms with Crippen LogP contribution in [-0.2, 0) is 13.0 Å². The van der Waals surface area contributed by atoms with Crippen molar-refractivity contribution in [2.24, 2.45) is 0 Å². The van der Waals surface area contributed by atoms with Crippen molar-refractivity contribution in [1.82, 2.24) is 15.5 Å². The summed E-state index contributed by atoms with van der Waals surface area (Å²) in [6.45, 7) is 6.93. The van der Waals surface area contributed by atoms with Gasteiger partial charge < -0.3 is 15.5 Å². The molecule has 1 atom stereocenters. The number of rotatable bonds is 6. The highest BCUT2D eigenvalue weighted by atomic mass is 16.2. The number of nitrogens with zero attached hydrogens (tertiary/aromatic N) is 2. The summed E-state index contributed by atoms with van der Waals surface area (Å²) in [5, 5.41) is 6.26. The average Bonchev–Trinajstić information content (AvgIpc) is 3.18. The van der Waals surface area contributed by atoms with E-state index in [1.165, 1.54) is 16.8 Å². The van der Waals surface area contributed by atoms with Crippen LogP contribution in [0.2, 0.25) is 0 Å². The molecule has 2 N–H and O–H groups in total. The van der Waals surface area contributed by atoms with Crippen LogP contribution in [0.3, 0.4) is 0 Å². The Morgan fingerprint density at radius 1 is 1.03 bits per heavy atom. The van der Waals surface area contributed by atoms with E-state index in [9.17, 15) is 4.79 Å². The molecule has 0 radical (unpaired) electrons. The van der Waals surface area contributed by atoms with Crippen molar-refractivity contribution >= 4 is 11.7 Å². The molecule has 0 saturated carbocycles. The standard InChI is InChI=1S/C24H32N4O/c1-19(28-16-11-21-9-5-6-10-23(21)28)17-25-24(29)26-22-12-14-27(15-13-22)18-20-7-3-2-4-8-20/h2-10,19,22H,11-18H2,1H3,(H2,25,26,29). The molecule has 2 aromatic carbocycles. The van der Waals surface area contributed by atoms with Gasteiger partial charge >= 0.3 is 6.03 Å². The third-order valence-corrected chi connectivity index (χ3v) is 6.18. The number of para-hydroxylation sites is 1. The lowest BCUT2D eigenvalue weighted by atomic mass is 10.0. The number of benzene rings is 2. The third-order valence-electron chi connectivity index (χ3n) is 6.18. The minimum atomic E-state index is -0.0363. The van der Waals surface area contributed by atoms with E-state index < -0.39 is 0 Å². The van der Waals surface area contributed by atoms with Crippen molar-refractivity contribution in [2.75, 3.05) is 31.1 Å². The lowest BCUT2D eigenvalue weighted by Crippen LogP contribution is -2.50. The first kappa shape index (κ1) is 19.8. The normalized spacial score (nSPS) is 18.3. The van der Waals surface area contributed by atoms with Gasteiger partial charge in [0, 0.05) is 50.5 Å². The zero-order valence-electron chi connectivity index (χ0n) is 17.3. The number of hydrogen-bond donors (Lipinski definition) is 2. The molecule has 0 aliphatic carbocycles. The van der Waals surface area contributed by atoms with E-state index in [0.29, 0.717) is 6.54 Å². The van der Waals surface area contributed by atoms with Gasteiger partial charge in [0.05, 0.1) is 0 Å². The van der Waals surface area contributed by atoms with E-state index in [1.807, 2.05) is 0 Å². The first-order chi connectivity index (χ1) is 14.2. The Hall–Kier alpha value is -2.53. The van der Waals surface area contributed by atoms with Gasteiger partial charge in [-0.05, 0) is 43.4 Å². The summed E-state index contributed by atoms with van der Waals surface area (Å²) in [6, 6.07) is 19.7. The zero-order valence-corrected chi connectivity index (χ0v) is 17.3. The van der Waals surface area contributed by atoms with Crippen molar-refractivity contribution in [3.63, 3.8) is 0 Å². The molecular weight excluding hydrogens is 360 g/mol. The minimum Gasteiger partial charge on any atom is -0.366 e. The van der Waals surface area contributed by atoms with E-state index in [1.54, 1.807) is 0 Å². The SMILES string of the molecule is CC(CNC(=O)NC1CCN(Cc2ccccc2)CC1)N1CCc2ccccc21. The fourth-order valence-corrected chi connectivity index (χ4v) is 4.49. The molecule has 1 unspecified atom stereocenters. The molecule has 29 heavy (non-hydrogen) atoms. The minimum absolute atomic E-state index is 0.0363. The second-order valence-corrected chi connectivity index (χ2v) is 8.31. The molecule has 2 amide bonds. The van der Waals surface area contributed by atoms with Gasteiger partial charge in [-0.2, -0.15) is 0 Å². The number of hydrogen-bond acceptors (Lipinski definition) is 3. The summed E-state index contributed by atoms with van der Waals surface area (Å²) in [7, 11) is 0. The van der Waals surface area contributed by atoms with Crippen LogP contribution in [-0.4, -0.2) is 49.2 Å². The topological polar surface area (TPSA) is 47.6 Å². The molecule has 0 spiro atoms. The number of carbonyl (C=O) groups excluding carboxylic acids is 1. The van der Waals surface area contributed by atoms with Gasteiger partial charge in [-0.25, -0.2) is 4.79 Å². The second-order valence-electron chi connectivity index (χ2n) is 8.31. The Morgan fingerprint density at radius 2 is 1.76 bits per heavy atom. The molecule has 5 nitrogen and oxygen atoms in total. The largest absolute Gasteiger partial charge is 0.366 e. The summed E-state index contributed by atoms with van der Waals surface area (Å²) >= 11 is 0. The van der Waals surface area contributed by atoms with Crippen LogP contribution < -0.4 is 15.5 Å². The summed E-state index contributed by atoms with van der Waals surface area (Å²) in [6.07, 6.45) is 3.11. The lowest BCUT2D eigenvalue weighted by molar-refractivity contribution is 0.186. The third kappa shape index (κ3) is 5.10. The van der Waals surface area contributed by atoms with Crippen LogP contribution >= 0.6 is 0 Å². The first-order valence-corrected chi connectivity index (χ1v) is 10.8. The molecule has 2 aliphatic rings. The van der Waals surface area contributed by atoms with Crippen molar-refractivity contribution in [2.45, 2.75) is 44.8 Å². The molecule has 1 saturated heterocycles. The van der Waals surface area contributed by atoms with Crippen molar-refractivity contribution in [3.8, 4) is 0 Å². The van der Waals surface area contributed by atoms with E-state index in [2.05, 4.69) is 82.0 Å². The number of likely N-dealkylation sites (tertiary alicyclic amines) is 1. The first-order valence-electron chi connectivity index (χ1n) is 10.8. The van der Waals surface area contributed by atoms with Gasteiger partial charge in [0.15, 0.2) is 0 Å². The molecule has 0 bridgehead atoms. The fraction of sp³-hybridized carbons (Fsp3) is 0.458. The quantitative estimate of drug-likeness (QED) is 0.792. The van der Waals surface area contributed by atoms with E-state index in [4.69, 9.17) is 0 Å². The van der Waals surface area contributed by atoms with Crippen molar-refractivity contribution in [3.05, 3.63) is 65.7 Å². The molecule has 154 valence electrons. The Morgan fingerprint density at radius 3 is 2.55 bits per heavy atom. The number of fused-ring (bicyclic) bond motifs is 1. The molecule has 2 aromatic rings. The maximum absolute atomic E-state index is 12.4. The highest BCUT2D eigenvalue weighted by Gasteiger charge is 2.24. The highest BCUT2D eigenvalue weighted by molar-refractivity contribution is 5.74. The predicted molar refractivity (Wildman–Crippen MR) is 118 cm³/mol. The van der Waals surface area contributed by atoms with Gasteiger partial charge in [-0.1, -0.05) is 48.5 Å². The van der Waals surface area contributed by atoms with Gasteiger partial charge in [-0.3, -0.25) is 4.90 Å². The van der Waals surface area contributed by atoms with Gasteiger partial charge in [0.25, 0.3) is 0 Å². The number of amides is 2. The van der Waals surface area contributed by atoms with E-state index in [-0.39, 0.29) is 18.1 Å². The van der Waals surface area contributed by atoms with E-state index in [0.717, 1.165) is 45.4 Å². The Bertz CT molecular complexity index is 802. The second kappa shape index (κ2) is 9.31. The lowest BCUT2D eigenvalue weighted by Gasteiger charge is -2.32. The summed E-state index contributed by atoms with van der Waals surface area (Å²) in [5.74, 6) is 0. The summed E-state index contributed by atoms with van der Waals surface area (Å²) in [5.41, 5.74) is 4.08. The van der Waals surface area contributed by atoms with Crippen molar-refractivity contribution in [1.29, 1.82) is 0 Å².